The lowest BCUT2D eigenvalue weighted by Crippen LogP contribution is -2.22. The van der Waals surface area contributed by atoms with Gasteiger partial charge in [0.25, 0.3) is 0 Å². The SMILES string of the molecule is CNC(=NC(=NCc1ccccc1)c1cccc(-n2c3ccccc3c3ccc4c(c32)-c2ccccc2C4(C)C)c1)c1cccc(N)c1. The second-order valence-corrected chi connectivity index (χ2v) is 12.9. The molecule has 0 amide bonds. The van der Waals surface area contributed by atoms with Gasteiger partial charge in [0.1, 0.15) is 5.84 Å². The van der Waals surface area contributed by atoms with Crippen molar-refractivity contribution in [3.05, 3.63) is 167 Å². The molecular weight excluding hydrogens is 587 g/mol. The summed E-state index contributed by atoms with van der Waals surface area (Å²) >= 11 is 0. The van der Waals surface area contributed by atoms with Crippen LogP contribution >= 0.6 is 0 Å². The molecule has 0 radical (unpaired) electrons. The third-order valence-electron chi connectivity index (χ3n) is 9.61. The molecule has 0 fully saturated rings. The molecule has 1 aliphatic rings. The van der Waals surface area contributed by atoms with Crippen molar-refractivity contribution in [2.75, 3.05) is 12.8 Å². The fraction of sp³-hybridized carbons (Fsp3) is 0.116. The van der Waals surface area contributed by atoms with E-state index in [0.29, 0.717) is 23.9 Å². The van der Waals surface area contributed by atoms with Crippen molar-refractivity contribution in [1.82, 2.24) is 9.88 Å². The minimum Gasteiger partial charge on any atom is -0.399 e. The number of nitrogen functional groups attached to an aromatic ring is 1. The van der Waals surface area contributed by atoms with E-state index in [-0.39, 0.29) is 5.41 Å². The van der Waals surface area contributed by atoms with Crippen molar-refractivity contribution in [1.29, 1.82) is 0 Å². The fourth-order valence-corrected chi connectivity index (χ4v) is 7.29. The average molecular weight is 624 g/mol. The molecule has 234 valence electrons. The highest BCUT2D eigenvalue weighted by Gasteiger charge is 2.37. The van der Waals surface area contributed by atoms with Gasteiger partial charge in [-0.15, -0.1) is 0 Å². The molecule has 0 saturated carbocycles. The van der Waals surface area contributed by atoms with Crippen LogP contribution in [0.4, 0.5) is 5.69 Å². The van der Waals surface area contributed by atoms with Gasteiger partial charge in [-0.05, 0) is 52.6 Å². The fourth-order valence-electron chi connectivity index (χ4n) is 7.29. The highest BCUT2D eigenvalue weighted by Crippen LogP contribution is 2.52. The van der Waals surface area contributed by atoms with E-state index in [1.54, 1.807) is 0 Å². The first kappa shape index (κ1) is 29.5. The smallest absolute Gasteiger partial charge is 0.157 e. The maximum Gasteiger partial charge on any atom is 0.157 e. The maximum atomic E-state index is 6.16. The van der Waals surface area contributed by atoms with Gasteiger partial charge in [-0.3, -0.25) is 4.99 Å². The third-order valence-corrected chi connectivity index (χ3v) is 9.61. The van der Waals surface area contributed by atoms with Crippen LogP contribution in [0.25, 0.3) is 38.6 Å². The summed E-state index contributed by atoms with van der Waals surface area (Å²) in [6.07, 6.45) is 0. The zero-order valence-electron chi connectivity index (χ0n) is 27.4. The van der Waals surface area contributed by atoms with Crippen molar-refractivity contribution >= 4 is 39.2 Å². The Morgan fingerprint density at radius 2 is 1.46 bits per heavy atom. The molecule has 1 aliphatic carbocycles. The van der Waals surface area contributed by atoms with E-state index in [1.165, 1.54) is 44.1 Å². The Hall–Kier alpha value is -5.94. The van der Waals surface area contributed by atoms with Crippen LogP contribution in [0.2, 0.25) is 0 Å². The number of nitrogens with zero attached hydrogens (tertiary/aromatic N) is 3. The largest absolute Gasteiger partial charge is 0.399 e. The van der Waals surface area contributed by atoms with Gasteiger partial charge in [-0.1, -0.05) is 123 Å². The van der Waals surface area contributed by atoms with Gasteiger partial charge in [-0.2, -0.15) is 0 Å². The lowest BCUT2D eigenvalue weighted by atomic mass is 9.82. The predicted octanol–water partition coefficient (Wildman–Crippen LogP) is 9.29. The number of nitrogens with two attached hydrogens (primary N) is 1. The van der Waals surface area contributed by atoms with E-state index in [1.807, 2.05) is 49.5 Å². The summed E-state index contributed by atoms with van der Waals surface area (Å²) in [5.41, 5.74) is 18.5. The minimum absolute atomic E-state index is 0.0976. The third kappa shape index (κ3) is 4.87. The second-order valence-electron chi connectivity index (χ2n) is 12.9. The number of anilines is 1. The van der Waals surface area contributed by atoms with Crippen molar-refractivity contribution in [2.45, 2.75) is 25.8 Å². The van der Waals surface area contributed by atoms with Crippen LogP contribution in [0.3, 0.4) is 0 Å². The van der Waals surface area contributed by atoms with Crippen LogP contribution in [0.5, 0.6) is 0 Å². The van der Waals surface area contributed by atoms with Gasteiger partial charge in [0.15, 0.2) is 5.84 Å². The number of hydrogen-bond donors (Lipinski definition) is 2. The molecule has 0 bridgehead atoms. The number of rotatable bonds is 5. The summed E-state index contributed by atoms with van der Waals surface area (Å²) in [6.45, 7) is 5.18. The molecule has 1 heterocycles. The Labute approximate surface area is 281 Å². The average Bonchev–Trinajstić information content (AvgIpc) is 3.58. The Balaban J connectivity index is 1.36. The van der Waals surface area contributed by atoms with Gasteiger partial charge < -0.3 is 15.6 Å². The van der Waals surface area contributed by atoms with Crippen molar-refractivity contribution in [2.24, 2.45) is 9.98 Å². The van der Waals surface area contributed by atoms with Crippen LogP contribution in [0.1, 0.15) is 41.7 Å². The molecule has 6 aromatic carbocycles. The zero-order chi connectivity index (χ0) is 32.8. The summed E-state index contributed by atoms with van der Waals surface area (Å²) in [5, 5.41) is 5.77. The first-order valence-corrected chi connectivity index (χ1v) is 16.4. The van der Waals surface area contributed by atoms with Gasteiger partial charge >= 0.3 is 0 Å². The van der Waals surface area contributed by atoms with Crippen LogP contribution < -0.4 is 11.1 Å². The molecule has 3 N–H and O–H groups in total. The monoisotopic (exact) mass is 623 g/mol. The molecule has 5 nitrogen and oxygen atoms in total. The normalized spacial score (nSPS) is 13.9. The summed E-state index contributed by atoms with van der Waals surface area (Å²) in [4.78, 5) is 10.2. The van der Waals surface area contributed by atoms with E-state index in [4.69, 9.17) is 15.7 Å². The predicted molar refractivity (Wildman–Crippen MR) is 201 cm³/mol. The van der Waals surface area contributed by atoms with Gasteiger partial charge in [-0.25, -0.2) is 4.99 Å². The number of benzene rings is 6. The standard InChI is InChI=1S/C43H37N5/c1-43(2)36-21-9-7-20-35(36)39-37(43)24-23-34-33-19-8-10-22-38(33)48(40(34)39)32-18-12-16-30(26-32)42(46-27-28-13-5-4-6-14-28)47-41(45-3)29-15-11-17-31(44)25-29/h4-26H,27,44H2,1-3H3,(H,45,46,47). The molecule has 7 aromatic rings. The lowest BCUT2D eigenvalue weighted by molar-refractivity contribution is 0.661. The molecule has 48 heavy (non-hydrogen) atoms. The molecule has 0 unspecified atom stereocenters. The molecular formula is C43H37N5. The Morgan fingerprint density at radius 1 is 0.708 bits per heavy atom. The number of aromatic nitrogens is 1. The van der Waals surface area contributed by atoms with Crippen LogP contribution in [0.15, 0.2) is 150 Å². The maximum absolute atomic E-state index is 6.16. The first-order valence-electron chi connectivity index (χ1n) is 16.4. The van der Waals surface area contributed by atoms with Crippen LogP contribution in [-0.4, -0.2) is 23.3 Å². The van der Waals surface area contributed by atoms with Gasteiger partial charge in [0.05, 0.1) is 17.6 Å². The molecule has 8 rings (SSSR count). The topological polar surface area (TPSA) is 67.7 Å². The van der Waals surface area contributed by atoms with E-state index in [9.17, 15) is 0 Å². The van der Waals surface area contributed by atoms with Crippen LogP contribution in [-0.2, 0) is 12.0 Å². The van der Waals surface area contributed by atoms with E-state index in [0.717, 1.165) is 22.4 Å². The number of para-hydroxylation sites is 1. The van der Waals surface area contributed by atoms with Crippen molar-refractivity contribution < 1.29 is 0 Å². The Morgan fingerprint density at radius 3 is 2.29 bits per heavy atom. The van der Waals surface area contributed by atoms with E-state index >= 15 is 0 Å². The first-order chi connectivity index (χ1) is 23.4. The van der Waals surface area contributed by atoms with Crippen molar-refractivity contribution in [3.8, 4) is 16.8 Å². The summed E-state index contributed by atoms with van der Waals surface area (Å²) < 4.78 is 2.43. The minimum atomic E-state index is -0.0976. The number of amidine groups is 2. The second kappa shape index (κ2) is 11.7. The summed E-state index contributed by atoms with van der Waals surface area (Å²) in [5.74, 6) is 1.35. The Bertz CT molecular complexity index is 2390. The summed E-state index contributed by atoms with van der Waals surface area (Å²) in [7, 11) is 1.88. The van der Waals surface area contributed by atoms with Gasteiger partial charge in [0, 0.05) is 51.3 Å². The molecule has 5 heteroatoms. The highest BCUT2D eigenvalue weighted by molar-refractivity contribution is 6.16. The highest BCUT2D eigenvalue weighted by atomic mass is 15.0. The quantitative estimate of drug-likeness (QED) is 0.114. The molecule has 0 saturated heterocycles. The van der Waals surface area contributed by atoms with Gasteiger partial charge in [0.2, 0.25) is 0 Å². The van der Waals surface area contributed by atoms with E-state index in [2.05, 4.69) is 121 Å². The number of fused-ring (bicyclic) bond motifs is 7. The molecule has 0 aliphatic heterocycles. The number of nitrogens with one attached hydrogen (secondary N) is 1. The van der Waals surface area contributed by atoms with Crippen molar-refractivity contribution in [3.63, 3.8) is 0 Å². The molecule has 0 spiro atoms. The lowest BCUT2D eigenvalue weighted by Gasteiger charge is -2.21. The number of aliphatic imine (C=N–C) groups is 2. The van der Waals surface area contributed by atoms with Crippen LogP contribution in [0, 0.1) is 0 Å². The zero-order valence-corrected chi connectivity index (χ0v) is 27.4. The molecule has 0 atom stereocenters. The van der Waals surface area contributed by atoms with E-state index < -0.39 is 0 Å². The molecule has 1 aromatic heterocycles. The number of hydrogen-bond acceptors (Lipinski definition) is 2. The summed E-state index contributed by atoms with van der Waals surface area (Å²) in [6, 6.07) is 48.9. The Kier molecular flexibility index (Phi) is 7.18.